The van der Waals surface area contributed by atoms with Gasteiger partial charge in [-0.2, -0.15) is 0 Å². The van der Waals surface area contributed by atoms with Crippen LogP contribution >= 0.6 is 11.3 Å². The first-order valence-corrected chi connectivity index (χ1v) is 8.38. The Morgan fingerprint density at radius 1 is 1.50 bits per heavy atom. The molecule has 2 aromatic rings. The number of aliphatic hydroxyl groups excluding tert-OH is 1. The van der Waals surface area contributed by atoms with Crippen LogP contribution in [0.2, 0.25) is 0 Å². The fraction of sp³-hybridized carbons (Fsp3) is 0.417. The lowest BCUT2D eigenvalue weighted by Crippen LogP contribution is -2.26. The first-order chi connectivity index (χ1) is 9.33. The summed E-state index contributed by atoms with van der Waals surface area (Å²) in [6, 6.07) is 1.07. The van der Waals surface area contributed by atoms with E-state index < -0.39 is 10.0 Å². The number of sulfonamides is 1. The third-order valence-corrected chi connectivity index (χ3v) is 5.64. The highest BCUT2D eigenvalue weighted by atomic mass is 32.2. The summed E-state index contributed by atoms with van der Waals surface area (Å²) in [5.41, 5.74) is 1.30. The van der Waals surface area contributed by atoms with Crippen LogP contribution in [0, 0.1) is 13.8 Å². The lowest BCUT2D eigenvalue weighted by Gasteiger charge is -2.12. The second kappa shape index (κ2) is 5.65. The molecule has 1 unspecified atom stereocenters. The minimum Gasteiger partial charge on any atom is -0.390 e. The van der Waals surface area contributed by atoms with E-state index >= 15 is 0 Å². The van der Waals surface area contributed by atoms with E-state index in [0.717, 1.165) is 15.6 Å². The molecule has 0 saturated carbocycles. The summed E-state index contributed by atoms with van der Waals surface area (Å²) >= 11 is 1.48. The zero-order valence-corrected chi connectivity index (χ0v) is 13.1. The number of thiazole rings is 1. The molecule has 1 atom stereocenters. The number of aliphatic hydroxyl groups is 1. The maximum atomic E-state index is 12.2. The SMILES string of the molecule is Cc1nc(C)c(C(C)NS(=O)(=O)c2c[nH]c(CO)c2)s1. The quantitative estimate of drug-likeness (QED) is 0.781. The van der Waals surface area contributed by atoms with Crippen molar-refractivity contribution < 1.29 is 13.5 Å². The topological polar surface area (TPSA) is 95.1 Å². The Morgan fingerprint density at radius 2 is 2.20 bits per heavy atom. The van der Waals surface area contributed by atoms with Crippen LogP contribution in [0.5, 0.6) is 0 Å². The molecule has 0 aliphatic heterocycles. The number of aromatic nitrogens is 2. The maximum Gasteiger partial charge on any atom is 0.242 e. The molecule has 20 heavy (non-hydrogen) atoms. The van der Waals surface area contributed by atoms with Gasteiger partial charge >= 0.3 is 0 Å². The highest BCUT2D eigenvalue weighted by molar-refractivity contribution is 7.89. The zero-order chi connectivity index (χ0) is 14.9. The Bertz CT molecular complexity index is 703. The number of nitrogens with one attached hydrogen (secondary N) is 2. The van der Waals surface area contributed by atoms with Crippen LogP contribution in [-0.4, -0.2) is 23.5 Å². The van der Waals surface area contributed by atoms with Crippen LogP contribution in [0.15, 0.2) is 17.2 Å². The summed E-state index contributed by atoms with van der Waals surface area (Å²) in [7, 11) is -3.62. The first-order valence-electron chi connectivity index (χ1n) is 6.08. The molecular formula is C12H17N3O3S2. The number of hydrogen-bond donors (Lipinski definition) is 3. The smallest absolute Gasteiger partial charge is 0.242 e. The van der Waals surface area contributed by atoms with Crippen LogP contribution in [0.25, 0.3) is 0 Å². The Kier molecular flexibility index (Phi) is 4.28. The fourth-order valence-corrected chi connectivity index (χ4v) is 4.20. The summed E-state index contributed by atoms with van der Waals surface area (Å²) in [5.74, 6) is 0. The predicted octanol–water partition coefficient (Wildman–Crippen LogP) is 1.62. The molecule has 2 heterocycles. The number of aromatic amines is 1. The van der Waals surface area contributed by atoms with Crippen LogP contribution in [0.4, 0.5) is 0 Å². The van der Waals surface area contributed by atoms with Gasteiger partial charge in [0.15, 0.2) is 0 Å². The minimum absolute atomic E-state index is 0.118. The molecule has 0 bridgehead atoms. The maximum absolute atomic E-state index is 12.2. The third-order valence-electron chi connectivity index (χ3n) is 2.86. The number of rotatable bonds is 5. The van der Waals surface area contributed by atoms with Gasteiger partial charge in [0.1, 0.15) is 0 Å². The lowest BCUT2D eigenvalue weighted by atomic mass is 10.2. The molecule has 0 aliphatic rings. The average Bonchev–Trinajstić information content (AvgIpc) is 2.95. The van der Waals surface area contributed by atoms with E-state index in [9.17, 15) is 8.42 Å². The van der Waals surface area contributed by atoms with E-state index in [4.69, 9.17) is 5.11 Å². The van der Waals surface area contributed by atoms with Gasteiger partial charge in [0, 0.05) is 16.8 Å². The standard InChI is InChI=1S/C12H17N3O3S2/c1-7-12(19-9(3)14-7)8(2)15-20(17,18)11-4-10(6-16)13-5-11/h4-5,8,13,15-16H,6H2,1-3H3. The van der Waals surface area contributed by atoms with Gasteiger partial charge in [0.05, 0.1) is 28.2 Å². The summed E-state index contributed by atoms with van der Waals surface area (Å²) in [5, 5.41) is 9.87. The Labute approximate surface area is 121 Å². The minimum atomic E-state index is -3.62. The van der Waals surface area contributed by atoms with Crippen LogP contribution in [-0.2, 0) is 16.6 Å². The Balaban J connectivity index is 2.21. The average molecular weight is 315 g/mol. The fourth-order valence-electron chi connectivity index (χ4n) is 1.97. The largest absolute Gasteiger partial charge is 0.390 e. The number of H-pyrrole nitrogens is 1. The molecule has 0 amide bonds. The number of aryl methyl sites for hydroxylation is 2. The van der Waals surface area contributed by atoms with Gasteiger partial charge in [0.25, 0.3) is 0 Å². The van der Waals surface area contributed by atoms with Crippen molar-refractivity contribution in [3.63, 3.8) is 0 Å². The molecule has 6 nitrogen and oxygen atoms in total. The van der Waals surface area contributed by atoms with Gasteiger partial charge in [-0.05, 0) is 26.8 Å². The summed E-state index contributed by atoms with van der Waals surface area (Å²) in [6.45, 7) is 5.32. The molecule has 0 saturated heterocycles. The van der Waals surface area contributed by atoms with E-state index in [0.29, 0.717) is 5.69 Å². The van der Waals surface area contributed by atoms with Crippen LogP contribution < -0.4 is 4.72 Å². The molecule has 8 heteroatoms. The van der Waals surface area contributed by atoms with Gasteiger partial charge in [-0.15, -0.1) is 11.3 Å². The number of nitrogens with zero attached hydrogens (tertiary/aromatic N) is 1. The molecular weight excluding hydrogens is 298 g/mol. The van der Waals surface area contributed by atoms with Crippen molar-refractivity contribution in [1.82, 2.24) is 14.7 Å². The summed E-state index contributed by atoms with van der Waals surface area (Å²) < 4.78 is 27.1. The summed E-state index contributed by atoms with van der Waals surface area (Å²) in [4.78, 5) is 8.03. The molecule has 0 aromatic carbocycles. The second-order valence-electron chi connectivity index (χ2n) is 4.54. The molecule has 0 radical (unpaired) electrons. The third kappa shape index (κ3) is 3.09. The Morgan fingerprint density at radius 3 is 2.70 bits per heavy atom. The molecule has 2 aromatic heterocycles. The van der Waals surface area contributed by atoms with Gasteiger partial charge in [-0.25, -0.2) is 18.1 Å². The zero-order valence-electron chi connectivity index (χ0n) is 11.5. The first kappa shape index (κ1) is 15.2. The van der Waals surface area contributed by atoms with Crippen molar-refractivity contribution in [3.05, 3.63) is 33.5 Å². The molecule has 3 N–H and O–H groups in total. The molecule has 110 valence electrons. The van der Waals surface area contributed by atoms with Crippen molar-refractivity contribution in [2.45, 2.75) is 38.3 Å². The number of hydrogen-bond acceptors (Lipinski definition) is 5. The van der Waals surface area contributed by atoms with Crippen molar-refractivity contribution in [2.75, 3.05) is 0 Å². The summed E-state index contributed by atoms with van der Waals surface area (Å²) in [6.07, 6.45) is 1.37. The van der Waals surface area contributed by atoms with E-state index in [1.54, 1.807) is 6.92 Å². The van der Waals surface area contributed by atoms with Gasteiger partial charge < -0.3 is 10.1 Å². The van der Waals surface area contributed by atoms with Gasteiger partial charge in [0.2, 0.25) is 10.0 Å². The van der Waals surface area contributed by atoms with Crippen molar-refractivity contribution in [3.8, 4) is 0 Å². The van der Waals surface area contributed by atoms with Crippen LogP contribution in [0.1, 0.15) is 34.2 Å². The van der Waals surface area contributed by atoms with Crippen molar-refractivity contribution in [2.24, 2.45) is 0 Å². The second-order valence-corrected chi connectivity index (χ2v) is 7.49. The van der Waals surface area contributed by atoms with Gasteiger partial charge in [-0.1, -0.05) is 0 Å². The monoisotopic (exact) mass is 315 g/mol. The molecule has 0 fully saturated rings. The molecule has 0 spiro atoms. The van der Waals surface area contributed by atoms with Crippen LogP contribution in [0.3, 0.4) is 0 Å². The highest BCUT2D eigenvalue weighted by Crippen LogP contribution is 2.26. The van der Waals surface area contributed by atoms with Crippen molar-refractivity contribution >= 4 is 21.4 Å². The Hall–Kier alpha value is -1.22. The normalized spacial score (nSPS) is 13.6. The predicted molar refractivity (Wildman–Crippen MR) is 77.0 cm³/mol. The van der Waals surface area contributed by atoms with E-state index in [1.807, 2.05) is 13.8 Å². The van der Waals surface area contributed by atoms with Crippen molar-refractivity contribution in [1.29, 1.82) is 0 Å². The van der Waals surface area contributed by atoms with E-state index in [1.165, 1.54) is 23.6 Å². The van der Waals surface area contributed by atoms with Gasteiger partial charge in [-0.3, -0.25) is 0 Å². The van der Waals surface area contributed by atoms with E-state index in [2.05, 4.69) is 14.7 Å². The lowest BCUT2D eigenvalue weighted by molar-refractivity contribution is 0.277. The molecule has 2 rings (SSSR count). The molecule has 0 aliphatic carbocycles. The highest BCUT2D eigenvalue weighted by Gasteiger charge is 2.22. The van der Waals surface area contributed by atoms with E-state index in [-0.39, 0.29) is 17.5 Å².